The molecular weight excluding hydrogens is 396 g/mol. The molecule has 5 nitrogen and oxygen atoms in total. The van der Waals surface area contributed by atoms with Crippen molar-refractivity contribution in [3.63, 3.8) is 0 Å². The molecule has 4 aromatic rings. The van der Waals surface area contributed by atoms with Crippen molar-refractivity contribution >= 4 is 55.7 Å². The van der Waals surface area contributed by atoms with Crippen LogP contribution >= 0.6 is 34.4 Å². The normalized spacial score (nSPS) is 12.2. The molecule has 0 radical (unpaired) electrons. The summed E-state index contributed by atoms with van der Waals surface area (Å²) in [5, 5.41) is 12.2. The molecule has 0 fully saturated rings. The van der Waals surface area contributed by atoms with E-state index in [0.29, 0.717) is 5.13 Å². The van der Waals surface area contributed by atoms with Gasteiger partial charge in [-0.15, -0.1) is 21.5 Å². The summed E-state index contributed by atoms with van der Waals surface area (Å²) in [6.07, 6.45) is 0. The predicted molar refractivity (Wildman–Crippen MR) is 114 cm³/mol. The monoisotopic (exact) mass is 412 g/mol. The van der Waals surface area contributed by atoms with Gasteiger partial charge in [-0.25, -0.2) is 4.98 Å². The predicted octanol–water partition coefficient (Wildman–Crippen LogP) is 5.24. The molecule has 2 heterocycles. The fraction of sp³-hybridized carbons (Fsp3) is 0.158. The van der Waals surface area contributed by atoms with Gasteiger partial charge in [-0.3, -0.25) is 10.1 Å². The van der Waals surface area contributed by atoms with E-state index in [0.717, 1.165) is 30.7 Å². The fourth-order valence-corrected chi connectivity index (χ4v) is 5.44. The van der Waals surface area contributed by atoms with Gasteiger partial charge in [-0.05, 0) is 32.0 Å². The molecule has 2 aromatic carbocycles. The number of thioether (sulfide) groups is 1. The molecule has 0 saturated heterocycles. The van der Waals surface area contributed by atoms with Gasteiger partial charge in [0, 0.05) is 5.56 Å². The summed E-state index contributed by atoms with van der Waals surface area (Å²) < 4.78 is 2.01. The summed E-state index contributed by atoms with van der Waals surface area (Å²) in [5.74, 6) is -0.105. The minimum absolute atomic E-state index is 0.105. The molecule has 0 saturated carbocycles. The number of thiazole rings is 1. The van der Waals surface area contributed by atoms with E-state index >= 15 is 0 Å². The minimum atomic E-state index is -0.281. The first-order valence-electron chi connectivity index (χ1n) is 8.32. The maximum Gasteiger partial charge on any atom is 0.239 e. The number of nitrogens with one attached hydrogen (secondary N) is 1. The van der Waals surface area contributed by atoms with Crippen LogP contribution in [0.4, 0.5) is 5.13 Å². The molecular formula is C19H16N4OS3. The highest BCUT2D eigenvalue weighted by Gasteiger charge is 2.19. The summed E-state index contributed by atoms with van der Waals surface area (Å²) in [4.78, 5) is 17.1. The van der Waals surface area contributed by atoms with Gasteiger partial charge in [-0.1, -0.05) is 59.0 Å². The van der Waals surface area contributed by atoms with Crippen LogP contribution in [0.3, 0.4) is 0 Å². The van der Waals surface area contributed by atoms with E-state index in [1.54, 1.807) is 11.3 Å². The Balaban J connectivity index is 1.42. The zero-order chi connectivity index (χ0) is 18.8. The first-order valence-corrected chi connectivity index (χ1v) is 10.8. The minimum Gasteiger partial charge on any atom is -0.300 e. The number of hydrogen-bond acceptors (Lipinski definition) is 7. The van der Waals surface area contributed by atoms with Crippen LogP contribution in [0.1, 0.15) is 12.5 Å². The third kappa shape index (κ3) is 4.18. The van der Waals surface area contributed by atoms with Crippen molar-refractivity contribution in [1.82, 2.24) is 15.2 Å². The van der Waals surface area contributed by atoms with Crippen LogP contribution in [0.2, 0.25) is 0 Å². The average Bonchev–Trinajstić information content (AvgIpc) is 3.28. The van der Waals surface area contributed by atoms with Crippen LogP contribution < -0.4 is 5.32 Å². The molecule has 0 bridgehead atoms. The number of benzene rings is 2. The van der Waals surface area contributed by atoms with E-state index in [4.69, 9.17) is 0 Å². The highest BCUT2D eigenvalue weighted by atomic mass is 32.2. The van der Waals surface area contributed by atoms with E-state index in [-0.39, 0.29) is 11.2 Å². The number of carbonyl (C=O) groups excluding carboxylic acids is 1. The second-order valence-electron chi connectivity index (χ2n) is 5.98. The van der Waals surface area contributed by atoms with Crippen LogP contribution in [0, 0.1) is 6.92 Å². The maximum atomic E-state index is 12.5. The Hall–Kier alpha value is -2.29. The average molecular weight is 413 g/mol. The maximum absolute atomic E-state index is 12.5. The van der Waals surface area contributed by atoms with Crippen LogP contribution in [0.5, 0.6) is 0 Å². The largest absolute Gasteiger partial charge is 0.300 e. The number of rotatable bonds is 5. The number of nitrogens with zero attached hydrogens (tertiary/aromatic N) is 3. The van der Waals surface area contributed by atoms with Crippen molar-refractivity contribution in [3.8, 4) is 10.6 Å². The lowest BCUT2D eigenvalue weighted by atomic mass is 10.1. The van der Waals surface area contributed by atoms with E-state index in [2.05, 4.69) is 26.6 Å². The highest BCUT2D eigenvalue weighted by molar-refractivity contribution is 8.02. The topological polar surface area (TPSA) is 67.8 Å². The molecule has 0 aliphatic heterocycles. The second kappa shape index (κ2) is 7.75. The number of fused-ring (bicyclic) bond motifs is 1. The van der Waals surface area contributed by atoms with Gasteiger partial charge in [0.15, 0.2) is 4.34 Å². The Morgan fingerprint density at radius 3 is 2.78 bits per heavy atom. The van der Waals surface area contributed by atoms with Crippen LogP contribution in [-0.4, -0.2) is 26.3 Å². The first-order chi connectivity index (χ1) is 13.1. The molecule has 2 aromatic heterocycles. The fourth-order valence-electron chi connectivity index (χ4n) is 2.48. The van der Waals surface area contributed by atoms with E-state index < -0.39 is 0 Å². The van der Waals surface area contributed by atoms with Gasteiger partial charge in [-0.2, -0.15) is 0 Å². The number of carbonyl (C=O) groups is 1. The molecule has 8 heteroatoms. The number of para-hydroxylation sites is 1. The van der Waals surface area contributed by atoms with E-state index in [1.165, 1.54) is 23.1 Å². The zero-order valence-corrected chi connectivity index (χ0v) is 17.1. The molecule has 27 heavy (non-hydrogen) atoms. The Bertz CT molecular complexity index is 1070. The van der Waals surface area contributed by atoms with E-state index in [1.807, 2.05) is 56.3 Å². The number of aryl methyl sites for hydroxylation is 1. The van der Waals surface area contributed by atoms with Gasteiger partial charge < -0.3 is 0 Å². The summed E-state index contributed by atoms with van der Waals surface area (Å²) >= 11 is 4.43. The number of hydrogen-bond donors (Lipinski definition) is 1. The Morgan fingerprint density at radius 1 is 1.11 bits per heavy atom. The lowest BCUT2D eigenvalue weighted by Crippen LogP contribution is -2.22. The number of amides is 1. The van der Waals surface area contributed by atoms with Crippen LogP contribution in [-0.2, 0) is 4.79 Å². The molecule has 1 N–H and O–H groups in total. The SMILES string of the molecule is Cc1cccc(-c2nnc(NC(=O)C(C)Sc3nc4ccccc4s3)s2)c1. The van der Waals surface area contributed by atoms with Gasteiger partial charge in [0.2, 0.25) is 11.0 Å². The summed E-state index contributed by atoms with van der Waals surface area (Å²) in [7, 11) is 0. The standard InChI is InChI=1S/C19H16N4OS3/c1-11-6-5-7-13(10-11)17-22-23-18(27-17)21-16(24)12(2)25-19-20-14-8-3-4-9-15(14)26-19/h3-10,12H,1-2H3,(H,21,23,24). The molecule has 4 rings (SSSR count). The smallest absolute Gasteiger partial charge is 0.239 e. The lowest BCUT2D eigenvalue weighted by Gasteiger charge is -2.07. The van der Waals surface area contributed by atoms with Crippen molar-refractivity contribution in [3.05, 3.63) is 54.1 Å². The van der Waals surface area contributed by atoms with Crippen LogP contribution in [0.25, 0.3) is 20.8 Å². The highest BCUT2D eigenvalue weighted by Crippen LogP contribution is 2.33. The molecule has 1 atom stereocenters. The molecule has 0 aliphatic rings. The second-order valence-corrected chi connectivity index (χ2v) is 9.57. The van der Waals surface area contributed by atoms with Crippen LogP contribution in [0.15, 0.2) is 52.9 Å². The number of aromatic nitrogens is 3. The molecule has 0 aliphatic carbocycles. The summed E-state index contributed by atoms with van der Waals surface area (Å²) in [6, 6.07) is 16.0. The Labute approximate surface area is 168 Å². The summed E-state index contributed by atoms with van der Waals surface area (Å²) in [5.41, 5.74) is 3.13. The quantitative estimate of drug-likeness (QED) is 0.454. The van der Waals surface area contributed by atoms with Gasteiger partial charge in [0.25, 0.3) is 0 Å². The molecule has 1 amide bonds. The van der Waals surface area contributed by atoms with Crippen molar-refractivity contribution in [2.24, 2.45) is 0 Å². The van der Waals surface area contributed by atoms with Crippen molar-refractivity contribution < 1.29 is 4.79 Å². The van der Waals surface area contributed by atoms with Gasteiger partial charge >= 0.3 is 0 Å². The van der Waals surface area contributed by atoms with E-state index in [9.17, 15) is 4.79 Å². The van der Waals surface area contributed by atoms with Gasteiger partial charge in [0.1, 0.15) is 5.01 Å². The Morgan fingerprint density at radius 2 is 1.96 bits per heavy atom. The Kier molecular flexibility index (Phi) is 5.20. The first kappa shape index (κ1) is 18.1. The third-order valence-corrected chi connectivity index (χ3v) is 6.96. The molecule has 0 spiro atoms. The summed E-state index contributed by atoms with van der Waals surface area (Å²) in [6.45, 7) is 3.91. The van der Waals surface area contributed by atoms with Crippen molar-refractivity contribution in [1.29, 1.82) is 0 Å². The zero-order valence-electron chi connectivity index (χ0n) is 14.7. The molecule has 1 unspecified atom stereocenters. The number of anilines is 1. The lowest BCUT2D eigenvalue weighted by molar-refractivity contribution is -0.115. The van der Waals surface area contributed by atoms with Crippen molar-refractivity contribution in [2.45, 2.75) is 23.4 Å². The van der Waals surface area contributed by atoms with Crippen molar-refractivity contribution in [2.75, 3.05) is 5.32 Å². The van der Waals surface area contributed by atoms with Gasteiger partial charge in [0.05, 0.1) is 15.5 Å². The molecule has 136 valence electrons. The third-order valence-electron chi connectivity index (χ3n) is 3.84.